The van der Waals surface area contributed by atoms with Gasteiger partial charge < -0.3 is 9.47 Å². The van der Waals surface area contributed by atoms with Crippen LogP contribution in [0, 0.1) is 0 Å². The van der Waals surface area contributed by atoms with Crippen LogP contribution in [-0.2, 0) is 5.41 Å². The summed E-state index contributed by atoms with van der Waals surface area (Å²) in [5.41, 5.74) is 9.36. The van der Waals surface area contributed by atoms with Crippen molar-refractivity contribution < 1.29 is 9.47 Å². The van der Waals surface area contributed by atoms with Gasteiger partial charge in [0, 0.05) is 22.7 Å². The quantitative estimate of drug-likeness (QED) is 0.198. The Labute approximate surface area is 272 Å². The van der Waals surface area contributed by atoms with E-state index in [4.69, 9.17) is 24.4 Å². The molecule has 0 bridgehead atoms. The molecule has 0 unspecified atom stereocenters. The van der Waals surface area contributed by atoms with Crippen molar-refractivity contribution in [2.75, 3.05) is 0 Å². The van der Waals surface area contributed by atoms with Crippen LogP contribution < -0.4 is 9.47 Å². The highest BCUT2D eigenvalue weighted by atomic mass is 16.6. The summed E-state index contributed by atoms with van der Waals surface area (Å²) in [5, 5.41) is 0. The van der Waals surface area contributed by atoms with Crippen LogP contribution in [0.2, 0.25) is 0 Å². The summed E-state index contributed by atoms with van der Waals surface area (Å²) in [6.45, 7) is 4.53. The molecule has 5 aromatic carbocycles. The molecule has 1 aliphatic heterocycles. The van der Waals surface area contributed by atoms with Crippen molar-refractivity contribution in [2.24, 2.45) is 0 Å². The first-order valence-electron chi connectivity index (χ1n) is 15.6. The molecule has 224 valence electrons. The lowest BCUT2D eigenvalue weighted by atomic mass is 9.82. The van der Waals surface area contributed by atoms with E-state index in [0.29, 0.717) is 34.7 Å². The molecule has 6 heteroatoms. The molecular weight excluding hydrogens is 580 g/mol. The summed E-state index contributed by atoms with van der Waals surface area (Å²) < 4.78 is 13.0. The molecule has 1 aliphatic carbocycles. The van der Waals surface area contributed by atoms with Crippen molar-refractivity contribution >= 4 is 0 Å². The van der Waals surface area contributed by atoms with Crippen LogP contribution in [0.3, 0.4) is 0 Å². The number of nitrogens with zero attached hydrogens (tertiary/aromatic N) is 4. The molecule has 0 saturated carbocycles. The molecule has 0 amide bonds. The number of hydrogen-bond acceptors (Lipinski definition) is 6. The Balaban J connectivity index is 1.08. The number of aromatic nitrogens is 4. The van der Waals surface area contributed by atoms with Gasteiger partial charge in [0.15, 0.2) is 40.5 Å². The molecule has 47 heavy (non-hydrogen) atoms. The van der Waals surface area contributed by atoms with E-state index in [-0.39, 0.29) is 5.41 Å². The first-order chi connectivity index (χ1) is 23.0. The Bertz CT molecular complexity index is 2280. The van der Waals surface area contributed by atoms with Crippen LogP contribution in [0.4, 0.5) is 0 Å². The SMILES string of the molecule is CC1(C)c2ccccc2-c2cc3c(cc21)Oc1ccc(-c2cccc(-c4nc(-c5ccccc5)nc(-c5ccccn5)n4)c2)cc1O3. The molecule has 0 N–H and O–H groups in total. The summed E-state index contributed by atoms with van der Waals surface area (Å²) in [6.07, 6.45) is 1.74. The van der Waals surface area contributed by atoms with Gasteiger partial charge in [-0.25, -0.2) is 15.0 Å². The molecule has 6 nitrogen and oxygen atoms in total. The summed E-state index contributed by atoms with van der Waals surface area (Å²) in [4.78, 5) is 19.0. The number of hydrogen-bond donors (Lipinski definition) is 0. The van der Waals surface area contributed by atoms with E-state index in [1.165, 1.54) is 22.3 Å². The van der Waals surface area contributed by atoms with Crippen molar-refractivity contribution in [1.29, 1.82) is 0 Å². The van der Waals surface area contributed by atoms with E-state index in [0.717, 1.165) is 33.8 Å². The molecule has 7 aromatic rings. The Kier molecular flexibility index (Phi) is 6.05. The van der Waals surface area contributed by atoms with Gasteiger partial charge in [0.2, 0.25) is 0 Å². The first kappa shape index (κ1) is 27.2. The minimum atomic E-state index is -0.113. The molecular formula is C41H28N4O2. The topological polar surface area (TPSA) is 70.0 Å². The number of fused-ring (bicyclic) bond motifs is 5. The van der Waals surface area contributed by atoms with Crippen LogP contribution in [0.25, 0.3) is 56.5 Å². The highest BCUT2D eigenvalue weighted by Crippen LogP contribution is 2.55. The van der Waals surface area contributed by atoms with E-state index in [1.807, 2.05) is 72.8 Å². The fraction of sp³-hybridized carbons (Fsp3) is 0.0732. The molecule has 0 atom stereocenters. The molecule has 0 spiro atoms. The summed E-state index contributed by atoms with van der Waals surface area (Å²) in [7, 11) is 0. The highest BCUT2D eigenvalue weighted by molar-refractivity contribution is 5.83. The van der Waals surface area contributed by atoms with Gasteiger partial charge in [-0.05, 0) is 75.8 Å². The van der Waals surface area contributed by atoms with Crippen molar-refractivity contribution in [3.63, 3.8) is 0 Å². The third-order valence-corrected chi connectivity index (χ3v) is 9.05. The lowest BCUT2D eigenvalue weighted by Crippen LogP contribution is -2.15. The second-order valence-corrected chi connectivity index (χ2v) is 12.3. The van der Waals surface area contributed by atoms with E-state index in [1.54, 1.807) is 6.20 Å². The third-order valence-electron chi connectivity index (χ3n) is 9.05. The minimum absolute atomic E-state index is 0.113. The van der Waals surface area contributed by atoms with Crippen molar-refractivity contribution in [3.05, 3.63) is 145 Å². The van der Waals surface area contributed by atoms with Crippen LogP contribution in [0.5, 0.6) is 23.0 Å². The average Bonchev–Trinajstić information content (AvgIpc) is 3.35. The second-order valence-electron chi connectivity index (χ2n) is 12.3. The molecule has 2 aliphatic rings. The first-order valence-corrected chi connectivity index (χ1v) is 15.6. The zero-order chi connectivity index (χ0) is 31.5. The van der Waals surface area contributed by atoms with Crippen molar-refractivity contribution in [1.82, 2.24) is 19.9 Å². The van der Waals surface area contributed by atoms with Crippen LogP contribution in [-0.4, -0.2) is 19.9 Å². The second kappa shape index (κ2) is 10.5. The summed E-state index contributed by atoms with van der Waals surface area (Å²) in [5.74, 6) is 4.51. The van der Waals surface area contributed by atoms with E-state index in [2.05, 4.69) is 73.4 Å². The molecule has 2 aromatic heterocycles. The maximum Gasteiger partial charge on any atom is 0.182 e. The van der Waals surface area contributed by atoms with Crippen molar-refractivity contribution in [2.45, 2.75) is 19.3 Å². The average molecular weight is 609 g/mol. The number of ether oxygens (including phenoxy) is 2. The van der Waals surface area contributed by atoms with Gasteiger partial charge >= 0.3 is 0 Å². The van der Waals surface area contributed by atoms with E-state index in [9.17, 15) is 0 Å². The fourth-order valence-electron chi connectivity index (χ4n) is 6.62. The number of pyridine rings is 1. The Morgan fingerprint density at radius 2 is 1.11 bits per heavy atom. The molecule has 9 rings (SSSR count). The Morgan fingerprint density at radius 3 is 1.96 bits per heavy atom. The van der Waals surface area contributed by atoms with Gasteiger partial charge in [0.05, 0.1) is 0 Å². The minimum Gasteiger partial charge on any atom is -0.450 e. The molecule has 3 heterocycles. The standard InChI is InChI=1S/C41H28N4O2/c1-41(2)31-16-7-6-15-29(31)30-23-36-37(24-32(30)41)46-34-19-18-27(22-35(34)47-36)26-13-10-14-28(21-26)39-43-38(25-11-4-3-5-12-25)44-40(45-39)33-17-8-9-20-42-33/h3-24H,1-2H3. The van der Waals surface area contributed by atoms with Gasteiger partial charge in [0.25, 0.3) is 0 Å². The lowest BCUT2D eigenvalue weighted by molar-refractivity contribution is 0.359. The largest absolute Gasteiger partial charge is 0.450 e. The maximum absolute atomic E-state index is 6.53. The fourth-order valence-corrected chi connectivity index (χ4v) is 6.62. The highest BCUT2D eigenvalue weighted by Gasteiger charge is 2.37. The lowest BCUT2D eigenvalue weighted by Gasteiger charge is -2.25. The third kappa shape index (κ3) is 4.57. The molecule has 0 fully saturated rings. The summed E-state index contributed by atoms with van der Waals surface area (Å²) >= 11 is 0. The normalized spacial score (nSPS) is 13.4. The smallest absolute Gasteiger partial charge is 0.182 e. The Morgan fingerprint density at radius 1 is 0.447 bits per heavy atom. The number of rotatable bonds is 4. The van der Waals surface area contributed by atoms with E-state index >= 15 is 0 Å². The predicted molar refractivity (Wildman–Crippen MR) is 184 cm³/mol. The monoisotopic (exact) mass is 608 g/mol. The van der Waals surface area contributed by atoms with Gasteiger partial charge in [-0.1, -0.05) is 98.8 Å². The van der Waals surface area contributed by atoms with Crippen LogP contribution in [0.1, 0.15) is 25.0 Å². The molecule has 0 saturated heterocycles. The van der Waals surface area contributed by atoms with Crippen LogP contribution >= 0.6 is 0 Å². The van der Waals surface area contributed by atoms with Gasteiger partial charge in [-0.2, -0.15) is 0 Å². The van der Waals surface area contributed by atoms with E-state index < -0.39 is 0 Å². The zero-order valence-corrected chi connectivity index (χ0v) is 25.8. The van der Waals surface area contributed by atoms with Gasteiger partial charge in [-0.3, -0.25) is 4.98 Å². The van der Waals surface area contributed by atoms with Gasteiger partial charge in [0.1, 0.15) is 5.69 Å². The Hall–Kier alpha value is -6.14. The molecule has 0 radical (unpaired) electrons. The van der Waals surface area contributed by atoms with Gasteiger partial charge in [-0.15, -0.1) is 0 Å². The predicted octanol–water partition coefficient (Wildman–Crippen LogP) is 10.1. The summed E-state index contributed by atoms with van der Waals surface area (Å²) in [6, 6.07) is 42.8. The van der Waals surface area contributed by atoms with Crippen molar-refractivity contribution in [3.8, 4) is 79.5 Å². The number of benzene rings is 5. The van der Waals surface area contributed by atoms with Crippen LogP contribution in [0.15, 0.2) is 134 Å². The zero-order valence-electron chi connectivity index (χ0n) is 25.8. The maximum atomic E-state index is 6.53.